The molecule has 3 aromatic rings. The summed E-state index contributed by atoms with van der Waals surface area (Å²) in [5, 5.41) is 0. The highest BCUT2D eigenvalue weighted by Crippen LogP contribution is 2.14. The number of aromatic nitrogens is 1. The van der Waals surface area contributed by atoms with E-state index >= 15 is 0 Å². The van der Waals surface area contributed by atoms with Gasteiger partial charge in [0.2, 0.25) is 5.91 Å². The van der Waals surface area contributed by atoms with Gasteiger partial charge in [-0.25, -0.2) is 4.39 Å². The van der Waals surface area contributed by atoms with Gasteiger partial charge < -0.3 is 9.47 Å². The van der Waals surface area contributed by atoms with Crippen molar-refractivity contribution in [3.63, 3.8) is 0 Å². The number of carbonyl (C=O) groups excluding carboxylic acids is 1. The fourth-order valence-electron chi connectivity index (χ4n) is 3.47. The summed E-state index contributed by atoms with van der Waals surface area (Å²) in [5.74, 6) is -0.0438. The van der Waals surface area contributed by atoms with Gasteiger partial charge in [0.15, 0.2) is 0 Å². The van der Waals surface area contributed by atoms with Crippen molar-refractivity contribution in [3.8, 4) is 0 Å². The van der Waals surface area contributed by atoms with E-state index in [0.717, 1.165) is 37.1 Å². The summed E-state index contributed by atoms with van der Waals surface area (Å²) in [6.45, 7) is 4.07. The van der Waals surface area contributed by atoms with Gasteiger partial charge in [0, 0.05) is 31.4 Å². The van der Waals surface area contributed by atoms with Gasteiger partial charge in [-0.3, -0.25) is 4.79 Å². The zero-order valence-electron chi connectivity index (χ0n) is 17.1. The molecule has 29 heavy (non-hydrogen) atoms. The van der Waals surface area contributed by atoms with E-state index in [-0.39, 0.29) is 11.7 Å². The summed E-state index contributed by atoms with van der Waals surface area (Å²) in [7, 11) is 0. The van der Waals surface area contributed by atoms with Crippen LogP contribution in [0.4, 0.5) is 4.39 Å². The zero-order chi connectivity index (χ0) is 20.5. The van der Waals surface area contributed by atoms with Gasteiger partial charge in [-0.1, -0.05) is 55.8 Å². The molecule has 0 atom stereocenters. The van der Waals surface area contributed by atoms with Crippen molar-refractivity contribution in [1.29, 1.82) is 0 Å². The van der Waals surface area contributed by atoms with Crippen molar-refractivity contribution < 1.29 is 9.18 Å². The van der Waals surface area contributed by atoms with E-state index in [9.17, 15) is 9.18 Å². The third kappa shape index (κ3) is 6.31. The number of amides is 1. The minimum Gasteiger partial charge on any atom is -0.345 e. The average Bonchev–Trinajstić information content (AvgIpc) is 3.16. The van der Waals surface area contributed by atoms with E-state index in [1.165, 1.54) is 11.6 Å². The van der Waals surface area contributed by atoms with E-state index in [1.807, 2.05) is 47.5 Å². The Balaban J connectivity index is 1.66. The Hall–Kier alpha value is -2.88. The lowest BCUT2D eigenvalue weighted by atomic mass is 10.1. The summed E-state index contributed by atoms with van der Waals surface area (Å²) in [6, 6.07) is 20.8. The number of unbranched alkanes of at least 4 members (excludes halogenated alkanes) is 1. The lowest BCUT2D eigenvalue weighted by Gasteiger charge is -2.24. The predicted molar refractivity (Wildman–Crippen MR) is 115 cm³/mol. The predicted octanol–water partition coefficient (Wildman–Crippen LogP) is 5.44. The molecule has 3 nitrogen and oxygen atoms in total. The molecule has 0 radical (unpaired) electrons. The fraction of sp³-hybridized carbons (Fsp3) is 0.320. The molecule has 1 heterocycles. The third-order valence-corrected chi connectivity index (χ3v) is 5.12. The Morgan fingerprint density at radius 1 is 1.00 bits per heavy atom. The van der Waals surface area contributed by atoms with Gasteiger partial charge in [-0.05, 0) is 48.2 Å². The molecule has 0 aliphatic carbocycles. The number of nitrogens with zero attached hydrogens (tertiary/aromatic N) is 2. The summed E-state index contributed by atoms with van der Waals surface area (Å²) in [4.78, 5) is 14.9. The second-order valence-corrected chi connectivity index (χ2v) is 7.41. The lowest BCUT2D eigenvalue weighted by Crippen LogP contribution is -2.32. The normalized spacial score (nSPS) is 10.8. The van der Waals surface area contributed by atoms with Crippen LogP contribution in [0.3, 0.4) is 0 Å². The molecule has 0 N–H and O–H groups in total. The van der Waals surface area contributed by atoms with Gasteiger partial charge in [0.25, 0.3) is 0 Å². The molecule has 0 bridgehead atoms. The second kappa shape index (κ2) is 10.6. The maximum absolute atomic E-state index is 13.5. The Morgan fingerprint density at radius 2 is 1.79 bits per heavy atom. The molecule has 1 amide bonds. The topological polar surface area (TPSA) is 25.2 Å². The van der Waals surface area contributed by atoms with Crippen molar-refractivity contribution in [2.24, 2.45) is 0 Å². The van der Waals surface area contributed by atoms with Gasteiger partial charge in [-0.15, -0.1) is 0 Å². The molecule has 0 fully saturated rings. The van der Waals surface area contributed by atoms with E-state index in [1.54, 1.807) is 12.1 Å². The molecule has 0 unspecified atom stereocenters. The van der Waals surface area contributed by atoms with Crippen LogP contribution in [0.1, 0.15) is 43.0 Å². The first-order valence-electron chi connectivity index (χ1n) is 10.4. The van der Waals surface area contributed by atoms with Gasteiger partial charge >= 0.3 is 0 Å². The van der Waals surface area contributed by atoms with Gasteiger partial charge in [0.05, 0.1) is 6.54 Å². The highest BCUT2D eigenvalue weighted by molar-refractivity contribution is 5.76. The first kappa shape index (κ1) is 20.8. The van der Waals surface area contributed by atoms with E-state index in [4.69, 9.17) is 0 Å². The summed E-state index contributed by atoms with van der Waals surface area (Å²) < 4.78 is 15.6. The quantitative estimate of drug-likeness (QED) is 0.451. The van der Waals surface area contributed by atoms with E-state index in [0.29, 0.717) is 19.5 Å². The highest BCUT2D eigenvalue weighted by Gasteiger charge is 2.15. The maximum Gasteiger partial charge on any atom is 0.223 e. The SMILES string of the molecule is CCCCN(Cc1cccn1Cc1cccc(F)c1)C(=O)CCc1ccccc1. The molecular weight excluding hydrogens is 363 g/mol. The molecule has 3 rings (SSSR count). The molecule has 0 saturated heterocycles. The van der Waals surface area contributed by atoms with Gasteiger partial charge in [0.1, 0.15) is 5.82 Å². The first-order chi connectivity index (χ1) is 14.2. The molecule has 0 aliphatic heterocycles. The van der Waals surface area contributed by atoms with Crippen LogP contribution in [-0.4, -0.2) is 21.9 Å². The average molecular weight is 393 g/mol. The molecular formula is C25H29FN2O. The van der Waals surface area contributed by atoms with E-state index in [2.05, 4.69) is 23.6 Å². The lowest BCUT2D eigenvalue weighted by molar-refractivity contribution is -0.132. The van der Waals surface area contributed by atoms with Crippen LogP contribution in [0.15, 0.2) is 72.9 Å². The highest BCUT2D eigenvalue weighted by atomic mass is 19.1. The summed E-state index contributed by atoms with van der Waals surface area (Å²) in [6.07, 6.45) is 5.30. The monoisotopic (exact) mass is 392 g/mol. The Labute approximate surface area is 172 Å². The number of hydrogen-bond donors (Lipinski definition) is 0. The van der Waals surface area contributed by atoms with Crippen LogP contribution < -0.4 is 0 Å². The fourth-order valence-corrected chi connectivity index (χ4v) is 3.47. The number of rotatable bonds is 10. The number of aryl methyl sites for hydroxylation is 1. The number of carbonyl (C=O) groups is 1. The van der Waals surface area contributed by atoms with Crippen LogP contribution >= 0.6 is 0 Å². The van der Waals surface area contributed by atoms with Crippen molar-refractivity contribution in [1.82, 2.24) is 9.47 Å². The zero-order valence-corrected chi connectivity index (χ0v) is 17.1. The maximum atomic E-state index is 13.5. The number of benzene rings is 2. The molecule has 0 spiro atoms. The molecule has 2 aromatic carbocycles. The van der Waals surface area contributed by atoms with Gasteiger partial charge in [-0.2, -0.15) is 0 Å². The van der Waals surface area contributed by atoms with Crippen LogP contribution in [-0.2, 0) is 24.3 Å². The molecule has 152 valence electrons. The van der Waals surface area contributed by atoms with Crippen molar-refractivity contribution >= 4 is 5.91 Å². The van der Waals surface area contributed by atoms with Crippen LogP contribution in [0, 0.1) is 5.82 Å². The minimum absolute atomic E-state index is 0.181. The summed E-state index contributed by atoms with van der Waals surface area (Å²) >= 11 is 0. The Morgan fingerprint density at radius 3 is 2.55 bits per heavy atom. The number of halogens is 1. The largest absolute Gasteiger partial charge is 0.345 e. The number of hydrogen-bond acceptors (Lipinski definition) is 1. The molecule has 0 saturated carbocycles. The molecule has 4 heteroatoms. The molecule has 0 aliphatic rings. The molecule has 1 aromatic heterocycles. The Bertz CT molecular complexity index is 904. The van der Waals surface area contributed by atoms with Crippen molar-refractivity contribution in [2.45, 2.75) is 45.7 Å². The van der Waals surface area contributed by atoms with E-state index < -0.39 is 0 Å². The smallest absolute Gasteiger partial charge is 0.223 e. The van der Waals surface area contributed by atoms with Crippen LogP contribution in [0.2, 0.25) is 0 Å². The Kier molecular flexibility index (Phi) is 7.62. The van der Waals surface area contributed by atoms with Crippen molar-refractivity contribution in [3.05, 3.63) is 95.6 Å². The van der Waals surface area contributed by atoms with Crippen molar-refractivity contribution in [2.75, 3.05) is 6.54 Å². The first-order valence-corrected chi connectivity index (χ1v) is 10.4. The summed E-state index contributed by atoms with van der Waals surface area (Å²) in [5.41, 5.74) is 3.17. The van der Waals surface area contributed by atoms with Crippen LogP contribution in [0.5, 0.6) is 0 Å². The third-order valence-electron chi connectivity index (χ3n) is 5.12. The van der Waals surface area contributed by atoms with Crippen LogP contribution in [0.25, 0.3) is 0 Å². The standard InChI is InChI=1S/C25H29FN2O/c1-2-3-16-28(25(29)15-14-21-9-5-4-6-10-21)20-24-13-8-17-27(24)19-22-11-7-12-23(26)18-22/h4-13,17-18H,2-3,14-16,19-20H2,1H3. The second-order valence-electron chi connectivity index (χ2n) is 7.41. The minimum atomic E-state index is -0.225.